The van der Waals surface area contributed by atoms with Gasteiger partial charge in [-0.3, -0.25) is 9.63 Å². The zero-order chi connectivity index (χ0) is 13.3. The first-order valence-electron chi connectivity index (χ1n) is 5.81. The first-order valence-corrected chi connectivity index (χ1v) is 5.81. The molecule has 2 amide bonds. The molecule has 0 heterocycles. The molecule has 17 heavy (non-hydrogen) atoms. The van der Waals surface area contributed by atoms with Crippen molar-refractivity contribution in [1.29, 1.82) is 0 Å². The number of hydrogen-bond donors (Lipinski definition) is 1. The molecule has 0 aliphatic rings. The van der Waals surface area contributed by atoms with Gasteiger partial charge in [0.1, 0.15) is 6.04 Å². The van der Waals surface area contributed by atoms with Gasteiger partial charge in [-0.25, -0.2) is 9.86 Å². The van der Waals surface area contributed by atoms with Crippen LogP contribution in [0.4, 0.5) is 4.79 Å². The van der Waals surface area contributed by atoms with E-state index in [1.807, 2.05) is 6.92 Å². The molecule has 6 nitrogen and oxygen atoms in total. The first-order chi connectivity index (χ1) is 8.06. The first kappa shape index (κ1) is 15.7. The molecule has 0 radical (unpaired) electrons. The number of likely N-dealkylation sites (N-methyl/N-ethyl adjacent to an activating group) is 1. The number of amides is 2. The lowest BCUT2D eigenvalue weighted by Crippen LogP contribution is -2.46. The molecule has 0 spiro atoms. The normalized spacial score (nSPS) is 11.8. The lowest BCUT2D eigenvalue weighted by Gasteiger charge is -2.21. The minimum Gasteiger partial charge on any atom is -0.450 e. The Labute approximate surface area is 102 Å². The summed E-state index contributed by atoms with van der Waals surface area (Å²) in [5.74, 6) is -0.303. The van der Waals surface area contributed by atoms with Crippen molar-refractivity contribution >= 4 is 12.0 Å². The maximum atomic E-state index is 11.7. The van der Waals surface area contributed by atoms with Gasteiger partial charge in [-0.1, -0.05) is 20.3 Å². The Morgan fingerprint density at radius 2 is 2.00 bits per heavy atom. The molecule has 0 aliphatic heterocycles. The second kappa shape index (κ2) is 8.81. The van der Waals surface area contributed by atoms with E-state index in [1.54, 1.807) is 6.92 Å². The number of ether oxygens (including phenoxy) is 1. The Bertz CT molecular complexity index is 246. The summed E-state index contributed by atoms with van der Waals surface area (Å²) in [6.07, 6.45) is 1.68. The average Bonchev–Trinajstić information content (AvgIpc) is 2.34. The van der Waals surface area contributed by atoms with Gasteiger partial charge >= 0.3 is 6.09 Å². The van der Waals surface area contributed by atoms with E-state index in [9.17, 15) is 9.59 Å². The molecule has 0 saturated heterocycles. The predicted molar refractivity (Wildman–Crippen MR) is 63.2 cm³/mol. The van der Waals surface area contributed by atoms with Crippen LogP contribution in [-0.4, -0.2) is 43.9 Å². The monoisotopic (exact) mass is 246 g/mol. The molecular weight excluding hydrogens is 224 g/mol. The molecule has 0 unspecified atom stereocenters. The van der Waals surface area contributed by atoms with Crippen LogP contribution in [0.1, 0.15) is 33.1 Å². The van der Waals surface area contributed by atoms with Gasteiger partial charge in [0.05, 0.1) is 13.7 Å². The van der Waals surface area contributed by atoms with E-state index in [1.165, 1.54) is 14.2 Å². The van der Waals surface area contributed by atoms with Crippen molar-refractivity contribution in [3.8, 4) is 0 Å². The summed E-state index contributed by atoms with van der Waals surface area (Å²) in [4.78, 5) is 27.8. The lowest BCUT2D eigenvalue weighted by molar-refractivity contribution is -0.171. The van der Waals surface area contributed by atoms with Crippen molar-refractivity contribution in [3.63, 3.8) is 0 Å². The number of carbonyl (C=O) groups is 2. The number of hydroxylamine groups is 2. The third-order valence-electron chi connectivity index (χ3n) is 2.31. The van der Waals surface area contributed by atoms with Crippen LogP contribution >= 0.6 is 0 Å². The third kappa shape index (κ3) is 6.11. The van der Waals surface area contributed by atoms with Gasteiger partial charge in [-0.05, 0) is 12.8 Å². The zero-order valence-corrected chi connectivity index (χ0v) is 11.0. The van der Waals surface area contributed by atoms with E-state index in [-0.39, 0.29) is 5.91 Å². The smallest absolute Gasteiger partial charge is 0.407 e. The van der Waals surface area contributed by atoms with Gasteiger partial charge in [0, 0.05) is 7.05 Å². The molecule has 0 saturated carbocycles. The fourth-order valence-electron chi connectivity index (χ4n) is 1.14. The summed E-state index contributed by atoms with van der Waals surface area (Å²) in [6, 6.07) is -0.617. The minimum absolute atomic E-state index is 0.303. The summed E-state index contributed by atoms with van der Waals surface area (Å²) in [5, 5.41) is 3.59. The molecule has 0 aromatic heterocycles. The third-order valence-corrected chi connectivity index (χ3v) is 2.31. The van der Waals surface area contributed by atoms with Crippen LogP contribution in [0.3, 0.4) is 0 Å². The van der Waals surface area contributed by atoms with E-state index in [0.29, 0.717) is 13.0 Å². The molecule has 0 aromatic carbocycles. The van der Waals surface area contributed by atoms with Crippen LogP contribution in [-0.2, 0) is 14.4 Å². The van der Waals surface area contributed by atoms with Gasteiger partial charge < -0.3 is 10.1 Å². The number of alkyl carbamates (subject to hydrolysis) is 1. The van der Waals surface area contributed by atoms with Crippen molar-refractivity contribution < 1.29 is 19.2 Å². The van der Waals surface area contributed by atoms with E-state index in [4.69, 9.17) is 9.57 Å². The van der Waals surface area contributed by atoms with Crippen molar-refractivity contribution in [2.75, 3.05) is 20.8 Å². The topological polar surface area (TPSA) is 67.9 Å². The fourth-order valence-corrected chi connectivity index (χ4v) is 1.14. The van der Waals surface area contributed by atoms with E-state index >= 15 is 0 Å². The number of nitrogens with one attached hydrogen (secondary N) is 1. The summed E-state index contributed by atoms with van der Waals surface area (Å²) in [6.45, 7) is 4.18. The SMILES string of the molecule is CCCCOC(=O)N[C@@H](CC)C(=O)N(C)OC. The molecule has 6 heteroatoms. The zero-order valence-electron chi connectivity index (χ0n) is 11.0. The van der Waals surface area contributed by atoms with Gasteiger partial charge in [-0.15, -0.1) is 0 Å². The van der Waals surface area contributed by atoms with Crippen molar-refractivity contribution in [1.82, 2.24) is 10.4 Å². The molecule has 0 rings (SSSR count). The standard InChI is InChI=1S/C11H22N2O4/c1-5-7-8-17-11(15)12-9(6-2)10(14)13(3)16-4/h9H,5-8H2,1-4H3,(H,12,15)/t9-/m0/s1. The fraction of sp³-hybridized carbons (Fsp3) is 0.818. The van der Waals surface area contributed by atoms with Crippen molar-refractivity contribution in [2.24, 2.45) is 0 Å². The predicted octanol–water partition coefficient (Wildman–Crippen LogP) is 1.31. The average molecular weight is 246 g/mol. The number of hydrogen-bond acceptors (Lipinski definition) is 4. The van der Waals surface area contributed by atoms with Crippen LogP contribution < -0.4 is 5.32 Å². The highest BCUT2D eigenvalue weighted by atomic mass is 16.7. The molecule has 0 fully saturated rings. The highest BCUT2D eigenvalue weighted by molar-refractivity contribution is 5.84. The maximum Gasteiger partial charge on any atom is 0.407 e. The summed E-state index contributed by atoms with van der Waals surface area (Å²) in [5.41, 5.74) is 0. The Hall–Kier alpha value is -1.30. The van der Waals surface area contributed by atoms with E-state index in [2.05, 4.69) is 5.32 Å². The van der Waals surface area contributed by atoms with Crippen molar-refractivity contribution in [2.45, 2.75) is 39.2 Å². The highest BCUT2D eigenvalue weighted by Crippen LogP contribution is 1.99. The number of unbranched alkanes of at least 4 members (excludes halogenated alkanes) is 1. The quantitative estimate of drug-likeness (QED) is 0.543. The van der Waals surface area contributed by atoms with Crippen molar-refractivity contribution in [3.05, 3.63) is 0 Å². The van der Waals surface area contributed by atoms with Gasteiger partial charge in [-0.2, -0.15) is 0 Å². The largest absolute Gasteiger partial charge is 0.450 e. The van der Waals surface area contributed by atoms with Crippen LogP contribution in [0.2, 0.25) is 0 Å². The molecule has 0 aromatic rings. The van der Waals surface area contributed by atoms with E-state index in [0.717, 1.165) is 17.9 Å². The molecule has 100 valence electrons. The Morgan fingerprint density at radius 1 is 1.35 bits per heavy atom. The summed E-state index contributed by atoms with van der Waals surface area (Å²) in [7, 11) is 2.89. The Kier molecular flexibility index (Phi) is 8.13. The molecule has 0 aliphatic carbocycles. The highest BCUT2D eigenvalue weighted by Gasteiger charge is 2.22. The molecule has 1 atom stereocenters. The van der Waals surface area contributed by atoms with Gasteiger partial charge in [0.25, 0.3) is 5.91 Å². The molecular formula is C11H22N2O4. The molecule has 0 bridgehead atoms. The molecule has 1 N–H and O–H groups in total. The van der Waals surface area contributed by atoms with Crippen LogP contribution in [0.5, 0.6) is 0 Å². The second-order valence-electron chi connectivity index (χ2n) is 3.61. The minimum atomic E-state index is -0.617. The Balaban J connectivity index is 4.11. The number of nitrogens with zero attached hydrogens (tertiary/aromatic N) is 1. The number of rotatable bonds is 7. The van der Waals surface area contributed by atoms with Crippen LogP contribution in [0.15, 0.2) is 0 Å². The maximum absolute atomic E-state index is 11.7. The summed E-state index contributed by atoms with van der Waals surface area (Å²) < 4.78 is 4.92. The second-order valence-corrected chi connectivity index (χ2v) is 3.61. The Morgan fingerprint density at radius 3 is 2.47 bits per heavy atom. The number of carbonyl (C=O) groups excluding carboxylic acids is 2. The summed E-state index contributed by atoms with van der Waals surface area (Å²) >= 11 is 0. The van der Waals surface area contributed by atoms with Crippen LogP contribution in [0.25, 0.3) is 0 Å². The van der Waals surface area contributed by atoms with Gasteiger partial charge in [0.15, 0.2) is 0 Å². The van der Waals surface area contributed by atoms with Gasteiger partial charge in [0.2, 0.25) is 0 Å². The van der Waals surface area contributed by atoms with Crippen LogP contribution in [0, 0.1) is 0 Å². The van der Waals surface area contributed by atoms with E-state index < -0.39 is 12.1 Å². The lowest BCUT2D eigenvalue weighted by atomic mass is 10.2.